The number of nitrogens with two attached hydrogens (primary N) is 1. The van der Waals surface area contributed by atoms with E-state index in [0.717, 1.165) is 45.1 Å². The molecule has 0 rings (SSSR count). The molecule has 0 atom stereocenters. The first-order valence-electron chi connectivity index (χ1n) is 19.9. The summed E-state index contributed by atoms with van der Waals surface area (Å²) in [5, 5.41) is 0. The van der Waals surface area contributed by atoms with Crippen LogP contribution in [-0.2, 0) is 13.3 Å². The van der Waals surface area contributed by atoms with E-state index in [1.54, 1.807) is 0 Å². The molecule has 0 spiro atoms. The second-order valence-electron chi connectivity index (χ2n) is 13.3. The van der Waals surface area contributed by atoms with E-state index >= 15 is 0 Å². The van der Waals surface area contributed by atoms with E-state index in [1.165, 1.54) is 173 Å². The Kier molecular flexibility index (Phi) is 36.6. The molecule has 5 heteroatoms. The smallest absolute Gasteiger partial charge is 0.373 e. The van der Waals surface area contributed by atoms with Crippen molar-refractivity contribution in [3.63, 3.8) is 0 Å². The Morgan fingerprint density at radius 2 is 0.535 bits per heavy atom. The van der Waals surface area contributed by atoms with Gasteiger partial charge in [0.1, 0.15) is 0 Å². The molecule has 0 unspecified atom stereocenters. The van der Waals surface area contributed by atoms with Gasteiger partial charge in [-0.05, 0) is 25.8 Å². The third-order valence-corrected chi connectivity index (χ3v) is 11.7. The fraction of sp³-hybridized carbons (Fsp3) is 1.00. The van der Waals surface area contributed by atoms with E-state index in [-0.39, 0.29) is 0 Å². The molecule has 0 aromatic rings. The highest BCUT2D eigenvalue weighted by molar-refractivity contribution is 6.60. The highest BCUT2D eigenvalue weighted by atomic mass is 28.4. The molecule has 0 aromatic heterocycles. The molecule has 0 aliphatic heterocycles. The zero-order chi connectivity index (χ0) is 31.4. The Bertz CT molecular complexity index is 443. The first kappa shape index (κ1) is 43.1. The van der Waals surface area contributed by atoms with Gasteiger partial charge >= 0.3 is 8.80 Å². The van der Waals surface area contributed by atoms with Gasteiger partial charge in [-0.25, -0.2) is 0 Å². The predicted octanol–water partition coefficient (Wildman–Crippen LogP) is 12.7. The Morgan fingerprint density at radius 3 is 0.744 bits per heavy atom. The van der Waals surface area contributed by atoms with Crippen molar-refractivity contribution in [2.45, 2.75) is 219 Å². The van der Waals surface area contributed by atoms with Gasteiger partial charge in [-0.15, -0.1) is 0 Å². The molecule has 0 aromatic carbocycles. The summed E-state index contributed by atoms with van der Waals surface area (Å²) in [6, 6.07) is 0.750. The first-order valence-corrected chi connectivity index (χ1v) is 21.8. The van der Waals surface area contributed by atoms with Crippen molar-refractivity contribution in [2.24, 2.45) is 5.73 Å². The Labute approximate surface area is 273 Å². The topological polar surface area (TPSA) is 53.7 Å². The van der Waals surface area contributed by atoms with E-state index in [9.17, 15) is 0 Å². The monoisotopic (exact) mass is 628 g/mol. The van der Waals surface area contributed by atoms with Crippen LogP contribution in [0, 0.1) is 0 Å². The Balaban J connectivity index is 4.35. The summed E-state index contributed by atoms with van der Waals surface area (Å²) in [6.07, 6.45) is 40.2. The molecule has 0 aliphatic rings. The summed E-state index contributed by atoms with van der Waals surface area (Å²) in [5.74, 6) is 0. The van der Waals surface area contributed by atoms with Crippen LogP contribution in [0.2, 0.25) is 6.04 Å². The third kappa shape index (κ3) is 31.8. The lowest BCUT2D eigenvalue weighted by Crippen LogP contribution is -2.48. The van der Waals surface area contributed by atoms with Crippen LogP contribution in [0.25, 0.3) is 0 Å². The number of unbranched alkanes of at least 4 members (excludes halogenated alkanes) is 27. The third-order valence-electron chi connectivity index (χ3n) is 8.91. The van der Waals surface area contributed by atoms with E-state index in [1.807, 2.05) is 0 Å². The van der Waals surface area contributed by atoms with Crippen LogP contribution in [0.3, 0.4) is 0 Å². The van der Waals surface area contributed by atoms with Crippen LogP contribution < -0.4 is 5.73 Å². The predicted molar refractivity (Wildman–Crippen MR) is 193 cm³/mol. The van der Waals surface area contributed by atoms with E-state index in [4.69, 9.17) is 19.0 Å². The van der Waals surface area contributed by atoms with Crippen molar-refractivity contribution in [3.8, 4) is 0 Å². The van der Waals surface area contributed by atoms with Crippen molar-refractivity contribution in [3.05, 3.63) is 0 Å². The lowest BCUT2D eigenvalue weighted by atomic mass is 10.1. The molecule has 4 nitrogen and oxygen atoms in total. The second kappa shape index (κ2) is 36.5. The van der Waals surface area contributed by atoms with Gasteiger partial charge < -0.3 is 19.0 Å². The molecule has 0 heterocycles. The SMILES string of the molecule is CCCCCCCCCCCCO[Si](CCN)(OCCCCCCCCCCCC)OCCCCCCCCCCCC. The maximum atomic E-state index is 6.54. The Hall–Kier alpha value is 0.0569. The van der Waals surface area contributed by atoms with Crippen LogP contribution in [-0.4, -0.2) is 35.2 Å². The van der Waals surface area contributed by atoms with Crippen molar-refractivity contribution in [1.29, 1.82) is 0 Å². The fourth-order valence-electron chi connectivity index (χ4n) is 5.97. The number of hydrogen-bond donors (Lipinski definition) is 1. The highest BCUT2D eigenvalue weighted by Crippen LogP contribution is 2.20. The van der Waals surface area contributed by atoms with Gasteiger partial charge in [-0.2, -0.15) is 0 Å². The standard InChI is InChI=1S/C38H81NO3Si/c1-4-7-10-13-16-19-22-25-28-31-35-40-43(38-34-39,41-36-32-29-26-23-20-17-14-11-8-5-2)42-37-33-30-27-24-21-18-15-12-9-6-3/h4-39H2,1-3H3. The summed E-state index contributed by atoms with van der Waals surface area (Å²) in [6.45, 7) is 9.74. The minimum absolute atomic E-state index is 0.584. The first-order chi connectivity index (χ1) is 21.2. The van der Waals surface area contributed by atoms with E-state index < -0.39 is 8.80 Å². The molecule has 0 aliphatic carbocycles. The minimum Gasteiger partial charge on any atom is -0.373 e. The molecule has 260 valence electrons. The Morgan fingerprint density at radius 1 is 0.326 bits per heavy atom. The largest absolute Gasteiger partial charge is 0.502 e. The minimum atomic E-state index is -2.70. The van der Waals surface area contributed by atoms with E-state index in [0.29, 0.717) is 6.54 Å². The molecule has 0 fully saturated rings. The summed E-state index contributed by atoms with van der Waals surface area (Å²) in [4.78, 5) is 0. The number of hydrogen-bond acceptors (Lipinski definition) is 4. The quantitative estimate of drug-likeness (QED) is 0.0546. The molecule has 0 amide bonds. The molecular formula is C38H81NO3Si. The summed E-state index contributed by atoms with van der Waals surface area (Å²) < 4.78 is 19.6. The molecule has 43 heavy (non-hydrogen) atoms. The highest BCUT2D eigenvalue weighted by Gasteiger charge is 2.40. The summed E-state index contributed by atoms with van der Waals surface area (Å²) in [5.41, 5.74) is 6.10. The maximum Gasteiger partial charge on any atom is 0.502 e. The molecule has 0 saturated heterocycles. The lowest BCUT2D eigenvalue weighted by Gasteiger charge is -2.29. The van der Waals surface area contributed by atoms with Crippen LogP contribution in [0.5, 0.6) is 0 Å². The van der Waals surface area contributed by atoms with E-state index in [2.05, 4.69) is 20.8 Å². The van der Waals surface area contributed by atoms with Crippen molar-refractivity contribution < 1.29 is 13.3 Å². The molecule has 0 radical (unpaired) electrons. The number of rotatable bonds is 38. The average molecular weight is 628 g/mol. The second-order valence-corrected chi connectivity index (χ2v) is 16.0. The molecule has 0 bridgehead atoms. The van der Waals surface area contributed by atoms with Crippen LogP contribution >= 0.6 is 0 Å². The van der Waals surface area contributed by atoms with Crippen LogP contribution in [0.1, 0.15) is 213 Å². The molecule has 2 N–H and O–H groups in total. The van der Waals surface area contributed by atoms with Gasteiger partial charge in [0.15, 0.2) is 0 Å². The summed E-state index contributed by atoms with van der Waals surface area (Å²) >= 11 is 0. The molecular weight excluding hydrogens is 547 g/mol. The molecule has 0 saturated carbocycles. The van der Waals surface area contributed by atoms with Gasteiger partial charge in [-0.1, -0.05) is 194 Å². The van der Waals surface area contributed by atoms with Gasteiger partial charge in [0.2, 0.25) is 0 Å². The van der Waals surface area contributed by atoms with Gasteiger partial charge in [0.25, 0.3) is 0 Å². The van der Waals surface area contributed by atoms with Crippen LogP contribution in [0.15, 0.2) is 0 Å². The zero-order valence-corrected chi connectivity index (χ0v) is 31.1. The van der Waals surface area contributed by atoms with Crippen molar-refractivity contribution in [1.82, 2.24) is 0 Å². The maximum absolute atomic E-state index is 6.54. The van der Waals surface area contributed by atoms with Crippen molar-refractivity contribution >= 4 is 8.80 Å². The normalized spacial score (nSPS) is 12.0. The average Bonchev–Trinajstić information content (AvgIpc) is 3.01. The van der Waals surface area contributed by atoms with Gasteiger partial charge in [0.05, 0.1) is 0 Å². The zero-order valence-electron chi connectivity index (χ0n) is 30.1. The van der Waals surface area contributed by atoms with Gasteiger partial charge in [-0.3, -0.25) is 0 Å². The fourth-order valence-corrected chi connectivity index (χ4v) is 8.37. The van der Waals surface area contributed by atoms with Crippen molar-refractivity contribution in [2.75, 3.05) is 26.4 Å². The lowest BCUT2D eigenvalue weighted by molar-refractivity contribution is 0.0558. The van der Waals surface area contributed by atoms with Crippen LogP contribution in [0.4, 0.5) is 0 Å². The summed E-state index contributed by atoms with van der Waals surface area (Å²) in [7, 11) is -2.70. The van der Waals surface area contributed by atoms with Gasteiger partial charge in [0, 0.05) is 25.9 Å².